The SMILES string of the molecule is CCc1cnc(CNCCNC(C)C)s1. The smallest absolute Gasteiger partial charge is 0.107 e. The fraction of sp³-hybridized carbons (Fsp3) is 0.727. The average molecular weight is 227 g/mol. The molecule has 3 nitrogen and oxygen atoms in total. The number of nitrogens with one attached hydrogen (secondary N) is 2. The van der Waals surface area contributed by atoms with Crippen LogP contribution >= 0.6 is 11.3 Å². The highest BCUT2D eigenvalue weighted by molar-refractivity contribution is 7.11. The number of rotatable bonds is 7. The zero-order valence-electron chi connectivity index (χ0n) is 9.84. The van der Waals surface area contributed by atoms with Gasteiger partial charge in [-0.1, -0.05) is 20.8 Å². The lowest BCUT2D eigenvalue weighted by atomic mass is 10.4. The predicted molar refractivity (Wildman–Crippen MR) is 66.3 cm³/mol. The molecule has 1 rings (SSSR count). The lowest BCUT2D eigenvalue weighted by Crippen LogP contribution is -2.31. The van der Waals surface area contributed by atoms with Gasteiger partial charge in [-0.15, -0.1) is 11.3 Å². The van der Waals surface area contributed by atoms with Crippen molar-refractivity contribution in [2.45, 2.75) is 39.8 Å². The Hall–Kier alpha value is -0.450. The van der Waals surface area contributed by atoms with Crippen molar-refractivity contribution in [1.29, 1.82) is 0 Å². The highest BCUT2D eigenvalue weighted by Crippen LogP contribution is 2.12. The van der Waals surface area contributed by atoms with Gasteiger partial charge < -0.3 is 10.6 Å². The van der Waals surface area contributed by atoms with Crippen molar-refractivity contribution in [3.05, 3.63) is 16.1 Å². The first kappa shape index (κ1) is 12.6. The van der Waals surface area contributed by atoms with Crippen molar-refractivity contribution < 1.29 is 0 Å². The molecule has 1 aromatic heterocycles. The molecule has 0 aliphatic heterocycles. The zero-order chi connectivity index (χ0) is 11.1. The van der Waals surface area contributed by atoms with E-state index in [4.69, 9.17) is 0 Å². The number of hydrogen-bond acceptors (Lipinski definition) is 4. The molecule has 0 spiro atoms. The number of aromatic nitrogens is 1. The molecule has 0 aliphatic carbocycles. The van der Waals surface area contributed by atoms with E-state index < -0.39 is 0 Å². The molecule has 0 atom stereocenters. The van der Waals surface area contributed by atoms with Gasteiger partial charge in [-0.3, -0.25) is 0 Å². The van der Waals surface area contributed by atoms with E-state index in [2.05, 4.69) is 36.4 Å². The lowest BCUT2D eigenvalue weighted by Gasteiger charge is -2.07. The minimum atomic E-state index is 0.568. The van der Waals surface area contributed by atoms with E-state index >= 15 is 0 Å². The molecule has 1 heterocycles. The first-order valence-electron chi connectivity index (χ1n) is 5.60. The van der Waals surface area contributed by atoms with Crippen molar-refractivity contribution in [3.8, 4) is 0 Å². The molecule has 0 saturated heterocycles. The Bertz CT molecular complexity index is 271. The number of aryl methyl sites for hydroxylation is 1. The lowest BCUT2D eigenvalue weighted by molar-refractivity contribution is 0.555. The van der Waals surface area contributed by atoms with Gasteiger partial charge in [0.25, 0.3) is 0 Å². The highest BCUT2D eigenvalue weighted by Gasteiger charge is 1.99. The maximum atomic E-state index is 4.36. The van der Waals surface area contributed by atoms with Crippen molar-refractivity contribution in [3.63, 3.8) is 0 Å². The average Bonchev–Trinajstić information content (AvgIpc) is 2.65. The summed E-state index contributed by atoms with van der Waals surface area (Å²) < 4.78 is 0. The minimum absolute atomic E-state index is 0.568. The summed E-state index contributed by atoms with van der Waals surface area (Å²) >= 11 is 1.80. The normalized spacial score (nSPS) is 11.2. The van der Waals surface area contributed by atoms with Crippen LogP contribution < -0.4 is 10.6 Å². The van der Waals surface area contributed by atoms with Crippen LogP contribution in [0.3, 0.4) is 0 Å². The summed E-state index contributed by atoms with van der Waals surface area (Å²) in [5, 5.41) is 7.94. The topological polar surface area (TPSA) is 37.0 Å². The maximum absolute atomic E-state index is 4.36. The summed E-state index contributed by atoms with van der Waals surface area (Å²) in [6.07, 6.45) is 3.07. The Kier molecular flexibility index (Phi) is 5.83. The number of nitrogens with zero attached hydrogens (tertiary/aromatic N) is 1. The van der Waals surface area contributed by atoms with E-state index in [9.17, 15) is 0 Å². The molecular formula is C11H21N3S. The van der Waals surface area contributed by atoms with Gasteiger partial charge in [0.05, 0.1) is 0 Å². The molecule has 1 aromatic rings. The largest absolute Gasteiger partial charge is 0.313 e. The van der Waals surface area contributed by atoms with Crippen molar-refractivity contribution in [2.24, 2.45) is 0 Å². The summed E-state index contributed by atoms with van der Waals surface area (Å²) in [6.45, 7) is 9.40. The molecule has 0 amide bonds. The molecule has 86 valence electrons. The third kappa shape index (κ3) is 5.25. The molecule has 0 saturated carbocycles. The second-order valence-electron chi connectivity index (χ2n) is 3.86. The zero-order valence-corrected chi connectivity index (χ0v) is 10.7. The quantitative estimate of drug-likeness (QED) is 0.697. The number of hydrogen-bond donors (Lipinski definition) is 2. The first-order chi connectivity index (χ1) is 7.22. The fourth-order valence-corrected chi connectivity index (χ4v) is 2.07. The number of thiazole rings is 1. The molecule has 0 aliphatic rings. The summed E-state index contributed by atoms with van der Waals surface area (Å²) in [4.78, 5) is 5.72. The molecule has 0 bridgehead atoms. The molecule has 0 unspecified atom stereocenters. The third-order valence-electron chi connectivity index (χ3n) is 2.08. The van der Waals surface area contributed by atoms with Crippen molar-refractivity contribution in [2.75, 3.05) is 13.1 Å². The van der Waals surface area contributed by atoms with Crippen LogP contribution in [0.15, 0.2) is 6.20 Å². The predicted octanol–water partition coefficient (Wildman–Crippen LogP) is 1.79. The van der Waals surface area contributed by atoms with Crippen LogP contribution in [0.1, 0.15) is 30.7 Å². The molecule has 0 aromatic carbocycles. The van der Waals surface area contributed by atoms with Gasteiger partial charge in [0.1, 0.15) is 5.01 Å². The molecule has 0 radical (unpaired) electrons. The monoisotopic (exact) mass is 227 g/mol. The van der Waals surface area contributed by atoms with Crippen LogP contribution in [0.5, 0.6) is 0 Å². The standard InChI is InChI=1S/C11H21N3S/c1-4-10-7-14-11(15-10)8-12-5-6-13-9(2)3/h7,9,12-13H,4-6,8H2,1-3H3. The fourth-order valence-electron chi connectivity index (χ4n) is 1.24. The van der Waals surface area contributed by atoms with Crippen LogP contribution in [0.25, 0.3) is 0 Å². The van der Waals surface area contributed by atoms with E-state index in [1.54, 1.807) is 11.3 Å². The van der Waals surface area contributed by atoms with Crippen LogP contribution in [-0.4, -0.2) is 24.1 Å². The molecular weight excluding hydrogens is 206 g/mol. The highest BCUT2D eigenvalue weighted by atomic mass is 32.1. The maximum Gasteiger partial charge on any atom is 0.107 e. The van der Waals surface area contributed by atoms with Crippen molar-refractivity contribution in [1.82, 2.24) is 15.6 Å². The van der Waals surface area contributed by atoms with E-state index in [1.165, 1.54) is 9.88 Å². The Morgan fingerprint density at radius 3 is 2.80 bits per heavy atom. The molecule has 4 heteroatoms. The second kappa shape index (κ2) is 6.93. The van der Waals surface area contributed by atoms with E-state index in [0.717, 1.165) is 26.1 Å². The first-order valence-corrected chi connectivity index (χ1v) is 6.41. The van der Waals surface area contributed by atoms with Crippen LogP contribution in [0.4, 0.5) is 0 Å². The molecule has 15 heavy (non-hydrogen) atoms. The van der Waals surface area contributed by atoms with Gasteiger partial charge in [-0.25, -0.2) is 4.98 Å². The van der Waals surface area contributed by atoms with Gasteiger partial charge in [-0.2, -0.15) is 0 Å². The van der Waals surface area contributed by atoms with Gasteiger partial charge in [-0.05, 0) is 6.42 Å². The van der Waals surface area contributed by atoms with Crippen LogP contribution in [-0.2, 0) is 13.0 Å². The van der Waals surface area contributed by atoms with E-state index in [0.29, 0.717) is 6.04 Å². The van der Waals surface area contributed by atoms with Gasteiger partial charge >= 0.3 is 0 Å². The Labute approximate surface area is 96.3 Å². The summed E-state index contributed by atoms with van der Waals surface area (Å²) in [5.74, 6) is 0. The third-order valence-corrected chi connectivity index (χ3v) is 3.22. The van der Waals surface area contributed by atoms with Crippen molar-refractivity contribution >= 4 is 11.3 Å². The summed E-state index contributed by atoms with van der Waals surface area (Å²) in [6, 6.07) is 0.568. The summed E-state index contributed by atoms with van der Waals surface area (Å²) in [7, 11) is 0. The van der Waals surface area contributed by atoms with Gasteiger partial charge in [0.15, 0.2) is 0 Å². The van der Waals surface area contributed by atoms with Gasteiger partial charge in [0, 0.05) is 36.8 Å². The van der Waals surface area contributed by atoms with E-state index in [1.807, 2.05) is 6.20 Å². The van der Waals surface area contributed by atoms with Crippen LogP contribution in [0, 0.1) is 0 Å². The second-order valence-corrected chi connectivity index (χ2v) is 5.06. The Balaban J connectivity index is 2.09. The van der Waals surface area contributed by atoms with E-state index in [-0.39, 0.29) is 0 Å². The van der Waals surface area contributed by atoms with Crippen LogP contribution in [0.2, 0.25) is 0 Å². The minimum Gasteiger partial charge on any atom is -0.313 e. The summed E-state index contributed by atoms with van der Waals surface area (Å²) in [5.41, 5.74) is 0. The molecule has 2 N–H and O–H groups in total. The molecule has 0 fully saturated rings. The Morgan fingerprint density at radius 1 is 1.40 bits per heavy atom. The van der Waals surface area contributed by atoms with Gasteiger partial charge in [0.2, 0.25) is 0 Å². The Morgan fingerprint density at radius 2 is 2.20 bits per heavy atom.